The molecule has 4 rings (SSSR count). The summed E-state index contributed by atoms with van der Waals surface area (Å²) in [6, 6.07) is 3.67. The molecule has 3 heterocycles. The van der Waals surface area contributed by atoms with Crippen LogP contribution in [-0.2, 0) is 4.74 Å². The first-order chi connectivity index (χ1) is 16.1. The van der Waals surface area contributed by atoms with Gasteiger partial charge in [-0.3, -0.25) is 4.57 Å². The zero-order valence-corrected chi connectivity index (χ0v) is 19.2. The minimum atomic E-state index is -2.95. The molecule has 0 atom stereocenters. The highest BCUT2D eigenvalue weighted by molar-refractivity contribution is 6.14. The van der Waals surface area contributed by atoms with E-state index in [0.29, 0.717) is 21.9 Å². The largest absolute Gasteiger partial charge is 0.496 e. The fourth-order valence-electron chi connectivity index (χ4n) is 4.13. The molecule has 0 unspecified atom stereocenters. The lowest BCUT2D eigenvalue weighted by atomic mass is 10.1. The Bertz CT molecular complexity index is 1440. The number of fused-ring (bicyclic) bond motifs is 1. The average Bonchev–Trinajstić information content (AvgIpc) is 3.31. The highest BCUT2D eigenvalue weighted by Gasteiger charge is 2.30. The van der Waals surface area contributed by atoms with E-state index in [4.69, 9.17) is 20.9 Å². The second-order valence-electron chi connectivity index (χ2n) is 7.63. The molecule has 4 aromatic rings. The molecule has 0 fully saturated rings. The van der Waals surface area contributed by atoms with E-state index < -0.39 is 12.5 Å². The number of aryl methyl sites for hydroxylation is 2. The normalized spacial score (nSPS) is 11.4. The third-order valence-electron chi connectivity index (χ3n) is 5.65. The molecule has 0 amide bonds. The Morgan fingerprint density at radius 1 is 1.09 bits per heavy atom. The number of methoxy groups -OCH3 is 2. The summed E-state index contributed by atoms with van der Waals surface area (Å²) in [5, 5.41) is 3.88. The number of carbonyl (C=O) groups is 1. The molecule has 10 nitrogen and oxygen atoms in total. The summed E-state index contributed by atoms with van der Waals surface area (Å²) in [6.07, 6.45) is 1.17. The van der Waals surface area contributed by atoms with Crippen LogP contribution in [0.15, 0.2) is 18.3 Å². The Morgan fingerprint density at radius 3 is 2.38 bits per heavy atom. The second kappa shape index (κ2) is 8.28. The lowest BCUT2D eigenvalue weighted by molar-refractivity contribution is 0.0589. The Balaban J connectivity index is 2.20. The molecular weight excluding hydrogens is 448 g/mol. The lowest BCUT2D eigenvalue weighted by Gasteiger charge is -2.17. The Hall–Kier alpha value is -4.22. The summed E-state index contributed by atoms with van der Waals surface area (Å²) in [4.78, 5) is 21.9. The molecule has 178 valence electrons. The zero-order chi connectivity index (χ0) is 24.9. The fraction of sp³-hybridized carbons (Fsp3) is 0.273. The highest BCUT2D eigenvalue weighted by Crippen LogP contribution is 2.41. The van der Waals surface area contributed by atoms with Crippen molar-refractivity contribution in [3.8, 4) is 22.7 Å². The first-order valence-electron chi connectivity index (χ1n) is 10.1. The van der Waals surface area contributed by atoms with Crippen molar-refractivity contribution < 1.29 is 23.0 Å². The topological polar surface area (TPSA) is 136 Å². The van der Waals surface area contributed by atoms with Crippen molar-refractivity contribution in [1.29, 1.82) is 0 Å². The first-order valence-corrected chi connectivity index (χ1v) is 10.1. The third kappa shape index (κ3) is 3.29. The van der Waals surface area contributed by atoms with Gasteiger partial charge in [0.15, 0.2) is 5.65 Å². The van der Waals surface area contributed by atoms with E-state index in [0.717, 1.165) is 11.1 Å². The van der Waals surface area contributed by atoms with Crippen LogP contribution in [0.5, 0.6) is 5.75 Å². The van der Waals surface area contributed by atoms with Crippen LogP contribution in [0.3, 0.4) is 0 Å². The Labute approximate surface area is 193 Å². The van der Waals surface area contributed by atoms with Crippen molar-refractivity contribution in [1.82, 2.24) is 24.3 Å². The number of nitrogens with two attached hydrogens (primary N) is 2. The van der Waals surface area contributed by atoms with Crippen LogP contribution in [0, 0.1) is 20.8 Å². The van der Waals surface area contributed by atoms with Crippen LogP contribution in [0.25, 0.3) is 28.0 Å². The number of hydrogen-bond donors (Lipinski definition) is 2. The molecule has 0 saturated carbocycles. The number of nitrogens with zero attached hydrogens (tertiary/aromatic N) is 5. The summed E-state index contributed by atoms with van der Waals surface area (Å²) >= 11 is 0. The number of hydrogen-bond acceptors (Lipinski definition) is 8. The van der Waals surface area contributed by atoms with Gasteiger partial charge in [-0.05, 0) is 32.4 Å². The van der Waals surface area contributed by atoms with Gasteiger partial charge in [-0.2, -0.15) is 18.6 Å². The molecule has 0 bridgehead atoms. The average molecular weight is 471 g/mol. The monoisotopic (exact) mass is 471 g/mol. The van der Waals surface area contributed by atoms with Gasteiger partial charge in [0.1, 0.15) is 28.8 Å². The molecule has 0 spiro atoms. The van der Waals surface area contributed by atoms with Gasteiger partial charge in [0.25, 0.3) is 0 Å². The van der Waals surface area contributed by atoms with Crippen molar-refractivity contribution in [3.63, 3.8) is 0 Å². The molecule has 0 aliphatic carbocycles. The van der Waals surface area contributed by atoms with Crippen molar-refractivity contribution in [2.45, 2.75) is 27.3 Å². The minimum absolute atomic E-state index is 0.0154. The van der Waals surface area contributed by atoms with Gasteiger partial charge in [0.05, 0.1) is 42.7 Å². The summed E-state index contributed by atoms with van der Waals surface area (Å²) in [5.74, 6) is -0.101. The van der Waals surface area contributed by atoms with Crippen LogP contribution in [-0.4, -0.2) is 44.5 Å². The van der Waals surface area contributed by atoms with Crippen LogP contribution in [0.2, 0.25) is 0 Å². The van der Waals surface area contributed by atoms with E-state index >= 15 is 0 Å². The maximum Gasteiger partial charge on any atom is 0.342 e. The molecule has 0 aliphatic rings. The number of halogens is 2. The van der Waals surface area contributed by atoms with Crippen LogP contribution in [0.1, 0.15) is 33.9 Å². The number of rotatable bonds is 5. The predicted octanol–water partition coefficient (Wildman–Crippen LogP) is 3.56. The van der Waals surface area contributed by atoms with E-state index in [1.165, 1.54) is 13.3 Å². The van der Waals surface area contributed by atoms with E-state index in [2.05, 4.69) is 15.1 Å². The molecule has 12 heteroatoms. The summed E-state index contributed by atoms with van der Waals surface area (Å²) in [6.45, 7) is 2.41. The predicted molar refractivity (Wildman–Crippen MR) is 122 cm³/mol. The number of benzene rings is 1. The van der Waals surface area contributed by atoms with E-state index in [9.17, 15) is 13.6 Å². The molecule has 4 N–H and O–H groups in total. The summed E-state index contributed by atoms with van der Waals surface area (Å²) in [7, 11) is 2.76. The SMILES string of the molecule is COC(=O)c1c(N)n(-c2c(C)ccc(OC)c2C)c2nc(C)nc(-c3cnn(C(F)F)c3N)c12. The fourth-order valence-corrected chi connectivity index (χ4v) is 4.13. The van der Waals surface area contributed by atoms with Crippen molar-refractivity contribution in [2.75, 3.05) is 25.7 Å². The molecule has 1 aromatic carbocycles. The number of nitrogen functional groups attached to an aromatic ring is 2. The van der Waals surface area contributed by atoms with Crippen molar-refractivity contribution >= 4 is 28.6 Å². The Kier molecular flexibility index (Phi) is 5.59. The van der Waals surface area contributed by atoms with Gasteiger partial charge in [-0.25, -0.2) is 14.8 Å². The zero-order valence-electron chi connectivity index (χ0n) is 19.2. The molecule has 3 aromatic heterocycles. The highest BCUT2D eigenvalue weighted by atomic mass is 19.3. The van der Waals surface area contributed by atoms with Gasteiger partial charge in [-0.1, -0.05) is 6.07 Å². The smallest absolute Gasteiger partial charge is 0.342 e. The maximum atomic E-state index is 13.3. The number of esters is 1. The third-order valence-corrected chi connectivity index (χ3v) is 5.65. The minimum Gasteiger partial charge on any atom is -0.496 e. The molecular formula is C22H23F2N7O3. The number of ether oxygens (including phenoxy) is 2. The first kappa shape index (κ1) is 23.0. The van der Waals surface area contributed by atoms with Crippen molar-refractivity contribution in [3.05, 3.63) is 40.8 Å². The number of aromatic nitrogens is 5. The lowest BCUT2D eigenvalue weighted by Crippen LogP contribution is -2.09. The van der Waals surface area contributed by atoms with E-state index in [1.807, 2.05) is 26.0 Å². The standard InChI is InChI=1S/C22H23F2N7O3/c1-9-6-7-13(33-4)10(2)17(9)30-19(26)15(21(32)34-5)14-16(28-11(3)29-20(14)30)12-8-27-31(18(12)25)22(23)24/h6-8,22H,25-26H2,1-5H3. The van der Waals surface area contributed by atoms with Crippen LogP contribution < -0.4 is 16.2 Å². The second-order valence-corrected chi connectivity index (χ2v) is 7.63. The quantitative estimate of drug-likeness (QED) is 0.422. The van der Waals surface area contributed by atoms with Gasteiger partial charge < -0.3 is 20.9 Å². The summed E-state index contributed by atoms with van der Waals surface area (Å²) in [5.41, 5.74) is 15.2. The molecule has 34 heavy (non-hydrogen) atoms. The maximum absolute atomic E-state index is 13.3. The molecule has 0 radical (unpaired) electrons. The van der Waals surface area contributed by atoms with E-state index in [1.54, 1.807) is 18.6 Å². The van der Waals surface area contributed by atoms with Gasteiger partial charge in [-0.15, -0.1) is 0 Å². The number of carbonyl (C=O) groups excluding carboxylic acids is 1. The van der Waals surface area contributed by atoms with Gasteiger partial charge in [0, 0.05) is 5.56 Å². The Morgan fingerprint density at radius 2 is 1.79 bits per heavy atom. The van der Waals surface area contributed by atoms with Crippen molar-refractivity contribution in [2.24, 2.45) is 0 Å². The number of alkyl halides is 2. The van der Waals surface area contributed by atoms with E-state index in [-0.39, 0.29) is 39.5 Å². The van der Waals surface area contributed by atoms with Gasteiger partial charge in [0.2, 0.25) is 0 Å². The van der Waals surface area contributed by atoms with Crippen LogP contribution in [0.4, 0.5) is 20.4 Å². The van der Waals surface area contributed by atoms with Crippen LogP contribution >= 0.6 is 0 Å². The number of anilines is 2. The summed E-state index contributed by atoms with van der Waals surface area (Å²) < 4.78 is 39.1. The van der Waals surface area contributed by atoms with Gasteiger partial charge >= 0.3 is 12.5 Å². The molecule has 0 aliphatic heterocycles. The molecule has 0 saturated heterocycles.